The molecular formula is C11H24N2O3. The molecule has 1 amide bonds. The fourth-order valence-electron chi connectivity index (χ4n) is 1.35. The van der Waals surface area contributed by atoms with Crippen LogP contribution in [0.15, 0.2) is 0 Å². The lowest BCUT2D eigenvalue weighted by atomic mass is 10.1. The maximum atomic E-state index is 11.7. The molecule has 0 aliphatic rings. The van der Waals surface area contributed by atoms with Crippen LogP contribution in [-0.4, -0.2) is 50.5 Å². The molecule has 0 aliphatic heterocycles. The molecular weight excluding hydrogens is 208 g/mol. The van der Waals surface area contributed by atoms with Crippen molar-refractivity contribution in [2.24, 2.45) is 5.92 Å². The minimum atomic E-state index is -0.105. The first-order chi connectivity index (χ1) is 7.65. The Hall–Kier alpha value is -0.650. The fraction of sp³-hybridized carbons (Fsp3) is 0.909. The Bertz CT molecular complexity index is 182. The summed E-state index contributed by atoms with van der Waals surface area (Å²) in [5.41, 5.74) is 0. The van der Waals surface area contributed by atoms with Crippen molar-refractivity contribution >= 4 is 5.91 Å². The van der Waals surface area contributed by atoms with E-state index in [2.05, 4.69) is 10.6 Å². The molecule has 0 fully saturated rings. The number of aliphatic hydroxyl groups excluding tert-OH is 1. The van der Waals surface area contributed by atoms with E-state index in [-0.39, 0.29) is 24.5 Å². The van der Waals surface area contributed by atoms with Gasteiger partial charge in [-0.15, -0.1) is 0 Å². The van der Waals surface area contributed by atoms with Gasteiger partial charge >= 0.3 is 0 Å². The van der Waals surface area contributed by atoms with Crippen LogP contribution < -0.4 is 10.6 Å². The number of hydrogen-bond donors (Lipinski definition) is 3. The molecule has 16 heavy (non-hydrogen) atoms. The topological polar surface area (TPSA) is 70.6 Å². The molecule has 0 bridgehead atoms. The molecule has 5 heteroatoms. The van der Waals surface area contributed by atoms with Gasteiger partial charge < -0.3 is 20.5 Å². The Morgan fingerprint density at radius 1 is 1.50 bits per heavy atom. The van der Waals surface area contributed by atoms with E-state index in [9.17, 15) is 4.79 Å². The third-order valence-corrected chi connectivity index (χ3v) is 2.34. The number of rotatable bonds is 9. The van der Waals surface area contributed by atoms with Crippen molar-refractivity contribution in [3.8, 4) is 0 Å². The standard InChI is InChI=1S/C11H24N2O3/c1-4-12-7-9(2)11(15)13-10(5-6-14)8-16-3/h9-10,12,14H,4-8H2,1-3H3,(H,13,15). The predicted molar refractivity (Wildman–Crippen MR) is 63.2 cm³/mol. The van der Waals surface area contributed by atoms with Gasteiger partial charge in [0.15, 0.2) is 0 Å². The third-order valence-electron chi connectivity index (χ3n) is 2.34. The highest BCUT2D eigenvalue weighted by Gasteiger charge is 2.16. The van der Waals surface area contributed by atoms with Crippen molar-refractivity contribution in [2.75, 3.05) is 33.4 Å². The Kier molecular flexibility index (Phi) is 9.18. The largest absolute Gasteiger partial charge is 0.396 e. The number of methoxy groups -OCH3 is 1. The molecule has 2 atom stereocenters. The second-order valence-corrected chi connectivity index (χ2v) is 3.88. The maximum Gasteiger partial charge on any atom is 0.224 e. The van der Waals surface area contributed by atoms with E-state index in [1.807, 2.05) is 13.8 Å². The Morgan fingerprint density at radius 3 is 2.69 bits per heavy atom. The number of nitrogens with one attached hydrogen (secondary N) is 2. The molecule has 0 radical (unpaired) electrons. The van der Waals surface area contributed by atoms with E-state index >= 15 is 0 Å². The van der Waals surface area contributed by atoms with Crippen molar-refractivity contribution < 1.29 is 14.6 Å². The molecule has 0 aromatic heterocycles. The van der Waals surface area contributed by atoms with Gasteiger partial charge in [0.2, 0.25) is 5.91 Å². The zero-order chi connectivity index (χ0) is 12.4. The number of aliphatic hydroxyl groups is 1. The average molecular weight is 232 g/mol. The van der Waals surface area contributed by atoms with Crippen LogP contribution in [0.3, 0.4) is 0 Å². The van der Waals surface area contributed by atoms with Crippen molar-refractivity contribution in [2.45, 2.75) is 26.3 Å². The van der Waals surface area contributed by atoms with Crippen LogP contribution in [0.2, 0.25) is 0 Å². The first-order valence-corrected chi connectivity index (χ1v) is 5.76. The van der Waals surface area contributed by atoms with E-state index in [4.69, 9.17) is 9.84 Å². The first kappa shape index (κ1) is 15.3. The quantitative estimate of drug-likeness (QED) is 0.512. The zero-order valence-electron chi connectivity index (χ0n) is 10.5. The van der Waals surface area contributed by atoms with Crippen molar-refractivity contribution in [1.82, 2.24) is 10.6 Å². The Labute approximate surface area is 97.6 Å². The lowest BCUT2D eigenvalue weighted by molar-refractivity contribution is -0.125. The normalized spacial score (nSPS) is 14.5. The van der Waals surface area contributed by atoms with Crippen LogP contribution in [0.4, 0.5) is 0 Å². The van der Waals surface area contributed by atoms with Gasteiger partial charge in [-0.1, -0.05) is 13.8 Å². The first-order valence-electron chi connectivity index (χ1n) is 5.76. The fourth-order valence-corrected chi connectivity index (χ4v) is 1.35. The average Bonchev–Trinajstić information content (AvgIpc) is 2.26. The highest BCUT2D eigenvalue weighted by molar-refractivity contribution is 5.78. The monoisotopic (exact) mass is 232 g/mol. The zero-order valence-corrected chi connectivity index (χ0v) is 10.5. The number of amides is 1. The van der Waals surface area contributed by atoms with E-state index in [0.29, 0.717) is 19.6 Å². The maximum absolute atomic E-state index is 11.7. The van der Waals surface area contributed by atoms with Gasteiger partial charge in [-0.05, 0) is 13.0 Å². The number of carbonyl (C=O) groups is 1. The van der Waals surface area contributed by atoms with Gasteiger partial charge in [0, 0.05) is 26.2 Å². The van der Waals surface area contributed by atoms with Gasteiger partial charge in [-0.3, -0.25) is 4.79 Å². The predicted octanol–water partition coefficient (Wildman–Crippen LogP) is -0.254. The van der Waals surface area contributed by atoms with Crippen LogP contribution in [0.25, 0.3) is 0 Å². The van der Waals surface area contributed by atoms with Gasteiger partial charge in [0.05, 0.1) is 12.6 Å². The third kappa shape index (κ3) is 6.76. The van der Waals surface area contributed by atoms with E-state index < -0.39 is 0 Å². The second kappa shape index (κ2) is 9.57. The minimum absolute atomic E-state index is 0.00329. The van der Waals surface area contributed by atoms with Crippen LogP contribution in [0.1, 0.15) is 20.3 Å². The molecule has 96 valence electrons. The van der Waals surface area contributed by atoms with Gasteiger partial charge in [0.25, 0.3) is 0 Å². The summed E-state index contributed by atoms with van der Waals surface area (Å²) in [6.45, 7) is 5.89. The molecule has 5 nitrogen and oxygen atoms in total. The van der Waals surface area contributed by atoms with Crippen LogP contribution >= 0.6 is 0 Å². The molecule has 0 rings (SSSR count). The summed E-state index contributed by atoms with van der Waals surface area (Å²) in [7, 11) is 1.58. The van der Waals surface area contributed by atoms with E-state index in [0.717, 1.165) is 6.54 Å². The van der Waals surface area contributed by atoms with Crippen LogP contribution in [-0.2, 0) is 9.53 Å². The number of carbonyl (C=O) groups excluding carboxylic acids is 1. The van der Waals surface area contributed by atoms with Gasteiger partial charge in [0.1, 0.15) is 0 Å². The molecule has 0 spiro atoms. The smallest absolute Gasteiger partial charge is 0.224 e. The molecule has 0 aliphatic carbocycles. The lowest BCUT2D eigenvalue weighted by Crippen LogP contribution is -2.43. The summed E-state index contributed by atoms with van der Waals surface area (Å²) >= 11 is 0. The van der Waals surface area contributed by atoms with Crippen molar-refractivity contribution in [3.05, 3.63) is 0 Å². The highest BCUT2D eigenvalue weighted by atomic mass is 16.5. The Balaban J connectivity index is 3.96. The van der Waals surface area contributed by atoms with Crippen LogP contribution in [0.5, 0.6) is 0 Å². The molecule has 3 N–H and O–H groups in total. The summed E-state index contributed by atoms with van der Waals surface area (Å²) in [6, 6.07) is -0.105. The molecule has 0 aromatic carbocycles. The summed E-state index contributed by atoms with van der Waals surface area (Å²) < 4.78 is 4.98. The van der Waals surface area contributed by atoms with Crippen molar-refractivity contribution in [1.29, 1.82) is 0 Å². The molecule has 0 saturated heterocycles. The number of hydrogen-bond acceptors (Lipinski definition) is 4. The van der Waals surface area contributed by atoms with Crippen molar-refractivity contribution in [3.63, 3.8) is 0 Å². The van der Waals surface area contributed by atoms with E-state index in [1.54, 1.807) is 7.11 Å². The SMILES string of the molecule is CCNCC(C)C(=O)NC(CCO)COC. The summed E-state index contributed by atoms with van der Waals surface area (Å²) in [6.07, 6.45) is 0.521. The summed E-state index contributed by atoms with van der Waals surface area (Å²) in [5.74, 6) is -0.0746. The summed E-state index contributed by atoms with van der Waals surface area (Å²) in [5, 5.41) is 14.8. The molecule has 0 saturated carbocycles. The summed E-state index contributed by atoms with van der Waals surface area (Å²) in [4.78, 5) is 11.7. The minimum Gasteiger partial charge on any atom is -0.396 e. The highest BCUT2D eigenvalue weighted by Crippen LogP contribution is 1.97. The molecule has 0 aromatic rings. The second-order valence-electron chi connectivity index (χ2n) is 3.88. The lowest BCUT2D eigenvalue weighted by Gasteiger charge is -2.19. The van der Waals surface area contributed by atoms with Gasteiger partial charge in [-0.25, -0.2) is 0 Å². The number of ether oxygens (including phenoxy) is 1. The molecule has 0 heterocycles. The Morgan fingerprint density at radius 2 is 2.19 bits per heavy atom. The molecule has 2 unspecified atom stereocenters. The van der Waals surface area contributed by atoms with Crippen LogP contribution in [0, 0.1) is 5.92 Å². The van der Waals surface area contributed by atoms with E-state index in [1.165, 1.54) is 0 Å². The van der Waals surface area contributed by atoms with Gasteiger partial charge in [-0.2, -0.15) is 0 Å².